The highest BCUT2D eigenvalue weighted by Gasteiger charge is 2.10. The number of nitrogens with two attached hydrogens (primary N) is 1. The fraction of sp³-hybridized carbons (Fsp3) is 0.231. The maximum atomic E-state index is 13.9. The minimum Gasteiger partial charge on any atom is -0.409 e. The third-order valence-electron chi connectivity index (χ3n) is 2.88. The van der Waals surface area contributed by atoms with Gasteiger partial charge in [0.05, 0.1) is 6.04 Å². The fourth-order valence-corrected chi connectivity index (χ4v) is 2.38. The highest BCUT2D eigenvalue weighted by atomic mass is 32.1. The molecule has 0 amide bonds. The Labute approximate surface area is 120 Å². The first kappa shape index (κ1) is 14.4. The van der Waals surface area contributed by atoms with Crippen molar-refractivity contribution in [2.45, 2.75) is 19.5 Å². The molecule has 7 heteroatoms. The van der Waals surface area contributed by atoms with Gasteiger partial charge in [0.1, 0.15) is 10.8 Å². The van der Waals surface area contributed by atoms with Gasteiger partial charge >= 0.3 is 0 Å². The molecule has 0 aliphatic rings. The Morgan fingerprint density at radius 3 is 3.00 bits per heavy atom. The summed E-state index contributed by atoms with van der Waals surface area (Å²) in [6.07, 6.45) is 1.74. The minimum absolute atomic E-state index is 0.0538. The third-order valence-corrected chi connectivity index (χ3v) is 3.84. The molecule has 20 heavy (non-hydrogen) atoms. The summed E-state index contributed by atoms with van der Waals surface area (Å²) in [5.41, 5.74) is 6.28. The molecule has 1 heterocycles. The molecular weight excluding hydrogens is 279 g/mol. The molecule has 0 aliphatic carbocycles. The standard InChI is InChI=1S/C13H15FN4OS/c1-8(13-16-4-5-20-13)17-7-10-3-2-9(6-11(10)14)12(15)18-19/h2-6,8,17,19H,7H2,1H3,(H2,15,18). The van der Waals surface area contributed by atoms with Crippen molar-refractivity contribution in [3.05, 3.63) is 51.7 Å². The lowest BCUT2D eigenvalue weighted by Gasteiger charge is -2.12. The lowest BCUT2D eigenvalue weighted by Crippen LogP contribution is -2.19. The number of hydrogen-bond donors (Lipinski definition) is 3. The van der Waals surface area contributed by atoms with Crippen molar-refractivity contribution >= 4 is 17.2 Å². The van der Waals surface area contributed by atoms with Gasteiger partial charge in [0.25, 0.3) is 0 Å². The van der Waals surface area contributed by atoms with Crippen LogP contribution >= 0.6 is 11.3 Å². The van der Waals surface area contributed by atoms with Crippen molar-refractivity contribution < 1.29 is 9.60 Å². The molecule has 0 aliphatic heterocycles. The predicted molar refractivity (Wildman–Crippen MR) is 76.3 cm³/mol. The molecule has 4 N–H and O–H groups in total. The number of nitrogens with zero attached hydrogens (tertiary/aromatic N) is 2. The normalized spacial score (nSPS) is 13.4. The third kappa shape index (κ3) is 3.31. The van der Waals surface area contributed by atoms with Crippen LogP contribution in [0.15, 0.2) is 34.9 Å². The quantitative estimate of drug-likeness (QED) is 0.342. The summed E-state index contributed by atoms with van der Waals surface area (Å²) < 4.78 is 13.9. The van der Waals surface area contributed by atoms with Gasteiger partial charge in [0.2, 0.25) is 0 Å². The smallest absolute Gasteiger partial charge is 0.170 e. The van der Waals surface area contributed by atoms with Gasteiger partial charge in [-0.1, -0.05) is 17.3 Å². The summed E-state index contributed by atoms with van der Waals surface area (Å²) in [6.45, 7) is 2.35. The number of benzene rings is 1. The first-order valence-electron chi connectivity index (χ1n) is 6.01. The highest BCUT2D eigenvalue weighted by molar-refractivity contribution is 7.09. The highest BCUT2D eigenvalue weighted by Crippen LogP contribution is 2.16. The molecule has 0 saturated carbocycles. The van der Waals surface area contributed by atoms with E-state index in [1.165, 1.54) is 6.07 Å². The number of nitrogens with one attached hydrogen (secondary N) is 1. The summed E-state index contributed by atoms with van der Waals surface area (Å²) in [7, 11) is 0. The molecule has 1 aromatic heterocycles. The van der Waals surface area contributed by atoms with E-state index in [-0.39, 0.29) is 11.9 Å². The topological polar surface area (TPSA) is 83.5 Å². The fourth-order valence-electron chi connectivity index (χ4n) is 1.71. The van der Waals surface area contributed by atoms with Crippen LogP contribution in [0, 0.1) is 5.82 Å². The average molecular weight is 294 g/mol. The predicted octanol–water partition coefficient (Wildman–Crippen LogP) is 2.23. The molecule has 106 valence electrons. The molecule has 1 atom stereocenters. The van der Waals surface area contributed by atoms with Crippen molar-refractivity contribution in [3.63, 3.8) is 0 Å². The molecule has 5 nitrogen and oxygen atoms in total. The molecule has 0 bridgehead atoms. The van der Waals surface area contributed by atoms with Crippen LogP contribution in [0.4, 0.5) is 4.39 Å². The summed E-state index contributed by atoms with van der Waals surface area (Å²) in [5, 5.41) is 17.5. The maximum absolute atomic E-state index is 13.9. The zero-order chi connectivity index (χ0) is 14.5. The lowest BCUT2D eigenvalue weighted by molar-refractivity contribution is 0.318. The van der Waals surface area contributed by atoms with E-state index in [0.717, 1.165) is 5.01 Å². The lowest BCUT2D eigenvalue weighted by atomic mass is 10.1. The number of aromatic nitrogens is 1. The monoisotopic (exact) mass is 294 g/mol. The van der Waals surface area contributed by atoms with Crippen molar-refractivity contribution in [2.24, 2.45) is 10.9 Å². The minimum atomic E-state index is -0.395. The van der Waals surface area contributed by atoms with E-state index in [1.807, 2.05) is 12.3 Å². The van der Waals surface area contributed by atoms with E-state index < -0.39 is 5.82 Å². The van der Waals surface area contributed by atoms with Crippen LogP contribution in [0.25, 0.3) is 0 Å². The first-order valence-corrected chi connectivity index (χ1v) is 6.89. The van der Waals surface area contributed by atoms with Crippen LogP contribution in [0.5, 0.6) is 0 Å². The summed E-state index contributed by atoms with van der Waals surface area (Å²) in [5.74, 6) is -0.507. The number of hydrogen-bond acceptors (Lipinski definition) is 5. The maximum Gasteiger partial charge on any atom is 0.170 e. The molecule has 2 rings (SSSR count). The number of halogens is 1. The number of rotatable bonds is 5. The van der Waals surface area contributed by atoms with E-state index in [4.69, 9.17) is 10.9 Å². The number of oxime groups is 1. The number of amidine groups is 1. The Balaban J connectivity index is 2.03. The van der Waals surface area contributed by atoms with Crippen LogP contribution in [0.3, 0.4) is 0 Å². The van der Waals surface area contributed by atoms with E-state index >= 15 is 0 Å². The van der Waals surface area contributed by atoms with E-state index in [9.17, 15) is 4.39 Å². The summed E-state index contributed by atoms with van der Waals surface area (Å²) in [6, 6.07) is 4.53. The van der Waals surface area contributed by atoms with Crippen molar-refractivity contribution in [1.82, 2.24) is 10.3 Å². The van der Waals surface area contributed by atoms with Crippen LogP contribution < -0.4 is 11.1 Å². The van der Waals surface area contributed by atoms with Gasteiger partial charge in [-0.3, -0.25) is 0 Å². The summed E-state index contributed by atoms with van der Waals surface area (Å²) >= 11 is 1.55. The molecule has 0 spiro atoms. The molecule has 0 saturated heterocycles. The van der Waals surface area contributed by atoms with Crippen molar-refractivity contribution in [1.29, 1.82) is 0 Å². The van der Waals surface area contributed by atoms with E-state index in [2.05, 4.69) is 15.5 Å². The number of thiazole rings is 1. The Hall–Kier alpha value is -1.99. The Morgan fingerprint density at radius 2 is 2.40 bits per heavy atom. The molecule has 2 aromatic rings. The Morgan fingerprint density at radius 1 is 1.60 bits per heavy atom. The van der Waals surface area contributed by atoms with Gasteiger partial charge in [-0.05, 0) is 13.0 Å². The van der Waals surface area contributed by atoms with Gasteiger partial charge in [-0.2, -0.15) is 0 Å². The zero-order valence-electron chi connectivity index (χ0n) is 10.9. The Kier molecular flexibility index (Phi) is 4.65. The second kappa shape index (κ2) is 6.44. The molecule has 0 fully saturated rings. The van der Waals surface area contributed by atoms with Crippen LogP contribution in [-0.4, -0.2) is 16.0 Å². The second-order valence-electron chi connectivity index (χ2n) is 4.26. The molecule has 1 aromatic carbocycles. The largest absolute Gasteiger partial charge is 0.409 e. The van der Waals surface area contributed by atoms with E-state index in [1.54, 1.807) is 29.7 Å². The van der Waals surface area contributed by atoms with Crippen LogP contribution in [0.1, 0.15) is 29.1 Å². The molecule has 0 radical (unpaired) electrons. The van der Waals surface area contributed by atoms with Gasteiger partial charge in [-0.25, -0.2) is 9.37 Å². The summed E-state index contributed by atoms with van der Waals surface area (Å²) in [4.78, 5) is 4.20. The SMILES string of the molecule is CC(NCc1ccc(C(N)=NO)cc1F)c1nccs1. The van der Waals surface area contributed by atoms with Gasteiger partial charge < -0.3 is 16.3 Å². The van der Waals surface area contributed by atoms with E-state index in [0.29, 0.717) is 17.7 Å². The van der Waals surface area contributed by atoms with Crippen molar-refractivity contribution in [3.8, 4) is 0 Å². The van der Waals surface area contributed by atoms with Gasteiger partial charge in [-0.15, -0.1) is 11.3 Å². The zero-order valence-corrected chi connectivity index (χ0v) is 11.7. The molecular formula is C13H15FN4OS. The second-order valence-corrected chi connectivity index (χ2v) is 5.19. The first-order chi connectivity index (χ1) is 9.61. The molecule has 1 unspecified atom stereocenters. The van der Waals surface area contributed by atoms with Gasteiger partial charge in [0.15, 0.2) is 5.84 Å². The van der Waals surface area contributed by atoms with Crippen molar-refractivity contribution in [2.75, 3.05) is 0 Å². The van der Waals surface area contributed by atoms with Gasteiger partial charge in [0, 0.05) is 29.2 Å². The Bertz CT molecular complexity index is 600. The van der Waals surface area contributed by atoms with Crippen LogP contribution in [0.2, 0.25) is 0 Å². The average Bonchev–Trinajstić information content (AvgIpc) is 2.99. The van der Waals surface area contributed by atoms with Crippen LogP contribution in [-0.2, 0) is 6.54 Å².